The Bertz CT molecular complexity index is 331. The third-order valence-corrected chi connectivity index (χ3v) is 3.96. The number of aliphatic carboxylic acids is 1. The van der Waals surface area contributed by atoms with Crippen molar-refractivity contribution in [3.63, 3.8) is 0 Å². The van der Waals surface area contributed by atoms with Gasteiger partial charge in [-0.1, -0.05) is 0 Å². The molecule has 1 heterocycles. The van der Waals surface area contributed by atoms with Crippen LogP contribution in [0.5, 0.6) is 0 Å². The zero-order valence-electron chi connectivity index (χ0n) is 6.23. The fraction of sp³-hybridized carbons (Fsp3) is 0.400. The topological polar surface area (TPSA) is 37.3 Å². The van der Waals surface area contributed by atoms with Gasteiger partial charge in [-0.25, -0.2) is 0 Å². The minimum atomic E-state index is -8.16. The Kier molecular flexibility index (Phi) is 1.81. The Morgan fingerprint density at radius 1 is 1.21 bits per heavy atom. The summed E-state index contributed by atoms with van der Waals surface area (Å²) in [6, 6.07) is 0. The number of rotatable bonds is 1. The Morgan fingerprint density at radius 3 is 1.79 bits per heavy atom. The van der Waals surface area contributed by atoms with E-state index in [-0.39, 0.29) is 0 Å². The molecule has 1 atom stereocenters. The van der Waals surface area contributed by atoms with Crippen LogP contribution in [0.15, 0.2) is 11.9 Å². The summed E-state index contributed by atoms with van der Waals surface area (Å²) in [5, 5.41) is 2.45. The van der Waals surface area contributed by atoms with Gasteiger partial charge in [0.05, 0.1) is 0 Å². The Hall–Kier alpha value is -0.780. The first-order chi connectivity index (χ1) is 5.93. The van der Waals surface area contributed by atoms with Crippen molar-refractivity contribution >= 4 is 13.5 Å². The van der Waals surface area contributed by atoms with Gasteiger partial charge >= 0.3 is 72.4 Å². The van der Waals surface area contributed by atoms with Gasteiger partial charge in [-0.2, -0.15) is 0 Å². The van der Waals surface area contributed by atoms with Crippen molar-refractivity contribution in [3.8, 4) is 0 Å². The summed E-state index contributed by atoms with van der Waals surface area (Å²) >= 11 is 0. The van der Waals surface area contributed by atoms with E-state index in [1.54, 1.807) is 0 Å². The second-order valence-corrected chi connectivity index (χ2v) is 5.38. The average molecular weight is 240 g/mol. The van der Waals surface area contributed by atoms with Crippen LogP contribution < -0.4 is 0 Å². The van der Waals surface area contributed by atoms with Crippen molar-refractivity contribution in [1.29, 1.82) is 0 Å². The van der Waals surface area contributed by atoms with Gasteiger partial charge in [0.1, 0.15) is 0 Å². The van der Waals surface area contributed by atoms with Crippen LogP contribution in [0.4, 0.5) is 25.8 Å². The van der Waals surface area contributed by atoms with Crippen LogP contribution in [0, 0.1) is 0 Å². The van der Waals surface area contributed by atoms with Gasteiger partial charge in [0.15, 0.2) is 0 Å². The molecular formula is C5H3F6O2P. The van der Waals surface area contributed by atoms with Crippen LogP contribution in [0.2, 0.25) is 0 Å². The first-order valence-electron chi connectivity index (χ1n) is 3.11. The van der Waals surface area contributed by atoms with E-state index in [2.05, 4.69) is 0 Å². The van der Waals surface area contributed by atoms with E-state index in [4.69, 9.17) is 5.11 Å². The van der Waals surface area contributed by atoms with Gasteiger partial charge in [-0.05, 0) is 0 Å². The molecule has 0 bridgehead atoms. The predicted molar refractivity (Wildman–Crippen MR) is 35.8 cm³/mol. The number of hydrogen-bond acceptors (Lipinski definition) is 1. The molecule has 0 radical (unpaired) electrons. The van der Waals surface area contributed by atoms with E-state index >= 15 is 0 Å². The number of carboxylic acids is 1. The summed E-state index contributed by atoms with van der Waals surface area (Å²) in [4.78, 5) is 9.98. The van der Waals surface area contributed by atoms with E-state index < -0.39 is 36.7 Å². The van der Waals surface area contributed by atoms with E-state index in [1.807, 2.05) is 0 Å². The zero-order valence-corrected chi connectivity index (χ0v) is 7.12. The van der Waals surface area contributed by atoms with Crippen LogP contribution in [-0.4, -0.2) is 22.4 Å². The molecule has 0 saturated carbocycles. The van der Waals surface area contributed by atoms with Gasteiger partial charge < -0.3 is 0 Å². The van der Waals surface area contributed by atoms with Gasteiger partial charge in [0, 0.05) is 0 Å². The second kappa shape index (κ2) is 2.24. The van der Waals surface area contributed by atoms with Crippen molar-refractivity contribution in [2.75, 3.05) is 0 Å². The molecule has 1 rings (SSSR count). The van der Waals surface area contributed by atoms with Crippen molar-refractivity contribution < 1.29 is 35.7 Å². The number of alkyl halides is 3. The fourth-order valence-corrected chi connectivity index (χ4v) is 2.54. The molecule has 1 aliphatic rings. The number of hydrogen-bond donors (Lipinski definition) is 1. The van der Waals surface area contributed by atoms with Crippen LogP contribution in [0.25, 0.3) is 0 Å². The molecule has 1 N–H and O–H groups in total. The zero-order chi connectivity index (χ0) is 11.4. The summed E-state index contributed by atoms with van der Waals surface area (Å²) in [6.45, 7) is 0. The third kappa shape index (κ3) is 1.00. The predicted octanol–water partition coefficient (Wildman–Crippen LogP) is 3.11. The molecule has 14 heavy (non-hydrogen) atoms. The number of carboxylic acid groups (broad SMARTS) is 1. The summed E-state index contributed by atoms with van der Waals surface area (Å²) in [5.41, 5.74) is 0. The van der Waals surface area contributed by atoms with Crippen LogP contribution >= 0.6 is 7.54 Å². The standard InChI is InChI=1S/C5H3F6O2P/c6-4(7)1-2-14(9,10,11)5(4,8)3(12)13/h1-2H,(H,12,13). The maximum atomic E-state index is 12.9. The second-order valence-electron chi connectivity index (χ2n) is 2.73. The van der Waals surface area contributed by atoms with Crippen molar-refractivity contribution in [3.05, 3.63) is 11.9 Å². The van der Waals surface area contributed by atoms with Gasteiger partial charge in [0.2, 0.25) is 0 Å². The molecule has 0 fully saturated rings. The Morgan fingerprint density at radius 2 is 1.64 bits per heavy atom. The summed E-state index contributed by atoms with van der Waals surface area (Å²) < 4.78 is 75.5. The van der Waals surface area contributed by atoms with Gasteiger partial charge in [0.25, 0.3) is 0 Å². The summed E-state index contributed by atoms with van der Waals surface area (Å²) in [5.74, 6) is -9.22. The Balaban J connectivity index is 3.47. The molecule has 2 nitrogen and oxygen atoms in total. The maximum absolute atomic E-state index is 12.9. The summed E-state index contributed by atoms with van der Waals surface area (Å²) in [6.07, 6.45) is -0.751. The SMILES string of the molecule is O=C(O)C1(F)C(F)(F)C=CP1(F)(F)F. The molecule has 82 valence electrons. The molecule has 0 spiro atoms. The molecular weight excluding hydrogens is 237 g/mol. The monoisotopic (exact) mass is 240 g/mol. The number of carbonyl (C=O) groups is 1. The summed E-state index contributed by atoms with van der Waals surface area (Å²) in [7, 11) is -8.16. The van der Waals surface area contributed by atoms with E-state index in [9.17, 15) is 30.6 Å². The molecule has 0 aliphatic carbocycles. The molecule has 0 aromatic heterocycles. The quantitative estimate of drug-likeness (QED) is 0.564. The van der Waals surface area contributed by atoms with Crippen molar-refractivity contribution in [2.45, 2.75) is 11.3 Å². The van der Waals surface area contributed by atoms with E-state index in [0.717, 1.165) is 0 Å². The van der Waals surface area contributed by atoms with Crippen LogP contribution in [0.1, 0.15) is 0 Å². The molecule has 0 amide bonds. The van der Waals surface area contributed by atoms with Gasteiger partial charge in [-0.15, -0.1) is 0 Å². The molecule has 1 aliphatic heterocycles. The normalized spacial score (nSPS) is 40.0. The number of halogens is 6. The fourth-order valence-electron chi connectivity index (χ4n) is 0.990. The van der Waals surface area contributed by atoms with Crippen molar-refractivity contribution in [2.24, 2.45) is 0 Å². The van der Waals surface area contributed by atoms with E-state index in [0.29, 0.717) is 0 Å². The minimum absolute atomic E-state index is 0.751. The Labute approximate surface area is 73.5 Å². The van der Waals surface area contributed by atoms with Crippen LogP contribution in [-0.2, 0) is 4.79 Å². The molecule has 1 unspecified atom stereocenters. The first-order valence-corrected chi connectivity index (χ1v) is 5.08. The molecule has 0 saturated heterocycles. The number of allylic oxidation sites excluding steroid dienone is 1. The average Bonchev–Trinajstić information content (AvgIpc) is 2.09. The molecule has 0 aromatic rings. The van der Waals surface area contributed by atoms with E-state index in [1.165, 1.54) is 0 Å². The molecule has 9 heteroatoms. The van der Waals surface area contributed by atoms with Gasteiger partial charge in [-0.3, -0.25) is 0 Å². The first kappa shape index (κ1) is 11.3. The molecule has 0 aromatic carbocycles. The van der Waals surface area contributed by atoms with Crippen molar-refractivity contribution in [1.82, 2.24) is 0 Å². The third-order valence-electron chi connectivity index (χ3n) is 1.78. The van der Waals surface area contributed by atoms with Crippen LogP contribution in [0.3, 0.4) is 0 Å².